The molecule has 21 heavy (non-hydrogen) atoms. The third-order valence-corrected chi connectivity index (χ3v) is 3.47. The number of hydrogen-bond donors (Lipinski definition) is 2. The first-order chi connectivity index (χ1) is 9.97. The largest absolute Gasteiger partial charge is 0.416 e. The molecular formula is C16H17F3N2. The van der Waals surface area contributed by atoms with Crippen LogP contribution in [0.2, 0.25) is 0 Å². The lowest BCUT2D eigenvalue weighted by Crippen LogP contribution is -2.30. The van der Waals surface area contributed by atoms with Crippen molar-refractivity contribution in [3.05, 3.63) is 70.8 Å². The average Bonchev–Trinajstić information content (AvgIpc) is 2.48. The standard InChI is InChI=1S/C16H17F3N2/c1-2-11-7-9-12(10-8-11)15(21-20)13-5-3-4-6-14(13)16(17,18)19/h3-10,15,21H,2,20H2,1H3. The molecule has 2 rings (SSSR count). The van der Waals surface area contributed by atoms with E-state index in [1.165, 1.54) is 12.1 Å². The van der Waals surface area contributed by atoms with Gasteiger partial charge in [-0.3, -0.25) is 5.84 Å². The minimum absolute atomic E-state index is 0.122. The summed E-state index contributed by atoms with van der Waals surface area (Å²) in [6.45, 7) is 2.02. The average molecular weight is 294 g/mol. The van der Waals surface area contributed by atoms with Gasteiger partial charge >= 0.3 is 6.18 Å². The molecular weight excluding hydrogens is 277 g/mol. The summed E-state index contributed by atoms with van der Waals surface area (Å²) < 4.78 is 39.3. The Kier molecular flexibility index (Phi) is 4.65. The lowest BCUT2D eigenvalue weighted by molar-refractivity contribution is -0.138. The van der Waals surface area contributed by atoms with Crippen molar-refractivity contribution >= 4 is 0 Å². The predicted octanol–water partition coefficient (Wildman–Crippen LogP) is 3.82. The van der Waals surface area contributed by atoms with Gasteiger partial charge in [-0.1, -0.05) is 49.4 Å². The molecule has 2 aromatic rings. The van der Waals surface area contributed by atoms with E-state index in [9.17, 15) is 13.2 Å². The fourth-order valence-electron chi connectivity index (χ4n) is 2.32. The van der Waals surface area contributed by atoms with E-state index in [1.54, 1.807) is 18.2 Å². The summed E-state index contributed by atoms with van der Waals surface area (Å²) in [6, 6.07) is 12.2. The molecule has 0 aromatic heterocycles. The van der Waals surface area contributed by atoms with Crippen molar-refractivity contribution < 1.29 is 13.2 Å². The van der Waals surface area contributed by atoms with E-state index in [-0.39, 0.29) is 5.56 Å². The van der Waals surface area contributed by atoms with Gasteiger partial charge in [0.25, 0.3) is 0 Å². The molecule has 0 radical (unpaired) electrons. The Morgan fingerprint density at radius 3 is 2.19 bits per heavy atom. The number of rotatable bonds is 4. The fourth-order valence-corrected chi connectivity index (χ4v) is 2.32. The minimum atomic E-state index is -4.41. The molecule has 0 fully saturated rings. The predicted molar refractivity (Wildman–Crippen MR) is 76.4 cm³/mol. The van der Waals surface area contributed by atoms with Crippen LogP contribution in [-0.4, -0.2) is 0 Å². The molecule has 0 saturated heterocycles. The highest BCUT2D eigenvalue weighted by molar-refractivity contribution is 5.39. The molecule has 0 bridgehead atoms. The second kappa shape index (κ2) is 6.28. The van der Waals surface area contributed by atoms with E-state index in [0.29, 0.717) is 5.56 Å². The number of alkyl halides is 3. The van der Waals surface area contributed by atoms with Crippen molar-refractivity contribution in [2.45, 2.75) is 25.6 Å². The Balaban J connectivity index is 2.46. The van der Waals surface area contributed by atoms with Gasteiger partial charge in [0.2, 0.25) is 0 Å². The van der Waals surface area contributed by atoms with Gasteiger partial charge in [0.1, 0.15) is 0 Å². The van der Waals surface area contributed by atoms with E-state index >= 15 is 0 Å². The zero-order valence-corrected chi connectivity index (χ0v) is 11.6. The lowest BCUT2D eigenvalue weighted by atomic mass is 9.94. The molecule has 0 spiro atoms. The molecule has 0 aliphatic rings. The van der Waals surface area contributed by atoms with E-state index in [1.807, 2.05) is 19.1 Å². The molecule has 5 heteroatoms. The Bertz CT molecular complexity index is 591. The first-order valence-corrected chi connectivity index (χ1v) is 6.68. The Morgan fingerprint density at radius 2 is 1.67 bits per heavy atom. The van der Waals surface area contributed by atoms with Crippen molar-refractivity contribution in [2.24, 2.45) is 5.84 Å². The Morgan fingerprint density at radius 1 is 1.05 bits per heavy atom. The summed E-state index contributed by atoms with van der Waals surface area (Å²) in [4.78, 5) is 0. The summed E-state index contributed by atoms with van der Waals surface area (Å²) in [5.74, 6) is 5.50. The van der Waals surface area contributed by atoms with Crippen LogP contribution in [-0.2, 0) is 12.6 Å². The van der Waals surface area contributed by atoms with E-state index in [0.717, 1.165) is 18.1 Å². The topological polar surface area (TPSA) is 38.0 Å². The number of nitrogens with two attached hydrogens (primary N) is 1. The molecule has 0 saturated carbocycles. The molecule has 2 nitrogen and oxygen atoms in total. The van der Waals surface area contributed by atoms with Gasteiger partial charge in [-0.2, -0.15) is 13.2 Å². The molecule has 1 unspecified atom stereocenters. The van der Waals surface area contributed by atoms with Crippen LogP contribution in [0.1, 0.15) is 35.2 Å². The molecule has 112 valence electrons. The van der Waals surface area contributed by atoms with Crippen LogP contribution in [0.4, 0.5) is 13.2 Å². The quantitative estimate of drug-likeness (QED) is 0.664. The highest BCUT2D eigenvalue weighted by Crippen LogP contribution is 2.36. The minimum Gasteiger partial charge on any atom is -0.271 e. The van der Waals surface area contributed by atoms with Gasteiger partial charge in [-0.25, -0.2) is 5.43 Å². The summed E-state index contributed by atoms with van der Waals surface area (Å²) in [7, 11) is 0. The third-order valence-electron chi connectivity index (χ3n) is 3.47. The zero-order valence-electron chi connectivity index (χ0n) is 11.6. The molecule has 0 aliphatic carbocycles. The monoisotopic (exact) mass is 294 g/mol. The number of hydrazine groups is 1. The first kappa shape index (κ1) is 15.5. The highest BCUT2D eigenvalue weighted by atomic mass is 19.4. The van der Waals surface area contributed by atoms with Crippen LogP contribution in [0.25, 0.3) is 0 Å². The number of nitrogens with one attached hydrogen (secondary N) is 1. The Hall–Kier alpha value is -1.85. The van der Waals surface area contributed by atoms with E-state index in [4.69, 9.17) is 5.84 Å². The number of hydrogen-bond acceptors (Lipinski definition) is 2. The number of benzene rings is 2. The van der Waals surface area contributed by atoms with Gasteiger partial charge in [-0.05, 0) is 29.2 Å². The van der Waals surface area contributed by atoms with Gasteiger partial charge < -0.3 is 0 Å². The fraction of sp³-hybridized carbons (Fsp3) is 0.250. The maximum Gasteiger partial charge on any atom is 0.416 e. The molecule has 2 aromatic carbocycles. The van der Waals surface area contributed by atoms with Gasteiger partial charge in [0.05, 0.1) is 11.6 Å². The highest BCUT2D eigenvalue weighted by Gasteiger charge is 2.35. The molecule has 0 amide bonds. The second-order valence-electron chi connectivity index (χ2n) is 4.78. The Labute approximate surface area is 121 Å². The summed E-state index contributed by atoms with van der Waals surface area (Å²) >= 11 is 0. The normalized spacial score (nSPS) is 13.2. The molecule has 1 atom stereocenters. The summed E-state index contributed by atoms with van der Waals surface area (Å²) in [6.07, 6.45) is -3.53. The van der Waals surface area contributed by atoms with E-state index in [2.05, 4.69) is 5.43 Å². The molecule has 0 aliphatic heterocycles. The molecule has 3 N–H and O–H groups in total. The maximum atomic E-state index is 13.1. The third kappa shape index (κ3) is 3.43. The van der Waals surface area contributed by atoms with Crippen molar-refractivity contribution in [1.29, 1.82) is 0 Å². The maximum absolute atomic E-state index is 13.1. The second-order valence-corrected chi connectivity index (χ2v) is 4.78. The van der Waals surface area contributed by atoms with Crippen LogP contribution < -0.4 is 11.3 Å². The van der Waals surface area contributed by atoms with Crippen molar-refractivity contribution in [3.63, 3.8) is 0 Å². The zero-order chi connectivity index (χ0) is 15.5. The number of halogens is 3. The summed E-state index contributed by atoms with van der Waals surface area (Å²) in [5.41, 5.74) is 3.76. The lowest BCUT2D eigenvalue weighted by Gasteiger charge is -2.21. The van der Waals surface area contributed by atoms with Crippen molar-refractivity contribution in [2.75, 3.05) is 0 Å². The SMILES string of the molecule is CCc1ccc(C(NN)c2ccccc2C(F)(F)F)cc1. The van der Waals surface area contributed by atoms with Crippen LogP contribution in [0.5, 0.6) is 0 Å². The summed E-state index contributed by atoms with van der Waals surface area (Å²) in [5, 5.41) is 0. The van der Waals surface area contributed by atoms with Crippen molar-refractivity contribution in [1.82, 2.24) is 5.43 Å². The smallest absolute Gasteiger partial charge is 0.271 e. The van der Waals surface area contributed by atoms with Gasteiger partial charge in [-0.15, -0.1) is 0 Å². The van der Waals surface area contributed by atoms with Gasteiger partial charge in [0, 0.05) is 0 Å². The van der Waals surface area contributed by atoms with Crippen LogP contribution in [0.15, 0.2) is 48.5 Å². The van der Waals surface area contributed by atoms with Crippen molar-refractivity contribution in [3.8, 4) is 0 Å². The first-order valence-electron chi connectivity index (χ1n) is 6.68. The van der Waals surface area contributed by atoms with E-state index < -0.39 is 17.8 Å². The van der Waals surface area contributed by atoms with Crippen LogP contribution in [0, 0.1) is 0 Å². The van der Waals surface area contributed by atoms with Crippen LogP contribution >= 0.6 is 0 Å². The van der Waals surface area contributed by atoms with Gasteiger partial charge in [0.15, 0.2) is 0 Å². The number of aryl methyl sites for hydroxylation is 1. The van der Waals surface area contributed by atoms with Crippen LogP contribution in [0.3, 0.4) is 0 Å². The molecule has 0 heterocycles.